The fourth-order valence-electron chi connectivity index (χ4n) is 3.31. The number of hydrogen-bond acceptors (Lipinski definition) is 7. The second-order valence-electron chi connectivity index (χ2n) is 7.30. The number of esters is 1. The summed E-state index contributed by atoms with van der Waals surface area (Å²) in [6.07, 6.45) is 1.03. The predicted molar refractivity (Wildman–Crippen MR) is 120 cm³/mol. The van der Waals surface area contributed by atoms with Crippen LogP contribution in [0.15, 0.2) is 36.4 Å². The Hall–Kier alpha value is -3.27. The van der Waals surface area contributed by atoms with Crippen LogP contribution in [-0.4, -0.2) is 52.4 Å². The highest BCUT2D eigenvalue weighted by atomic mass is 32.2. The van der Waals surface area contributed by atoms with Gasteiger partial charge in [0.2, 0.25) is 15.9 Å². The number of rotatable bonds is 7. The third-order valence-corrected chi connectivity index (χ3v) is 6.12. The third kappa shape index (κ3) is 5.13. The van der Waals surface area contributed by atoms with E-state index >= 15 is 0 Å². The van der Waals surface area contributed by atoms with Gasteiger partial charge in [0.15, 0.2) is 11.5 Å². The smallest absolute Gasteiger partial charge is 0.338 e. The van der Waals surface area contributed by atoms with Gasteiger partial charge in [-0.3, -0.25) is 9.10 Å². The Morgan fingerprint density at radius 3 is 2.47 bits per heavy atom. The lowest BCUT2D eigenvalue weighted by Crippen LogP contribution is -2.45. The molecule has 0 spiro atoms. The fraction of sp³-hybridized carbons (Fsp3) is 0.364. The van der Waals surface area contributed by atoms with Gasteiger partial charge in [-0.2, -0.15) is 0 Å². The van der Waals surface area contributed by atoms with E-state index in [1.165, 1.54) is 19.1 Å². The second-order valence-corrected chi connectivity index (χ2v) is 9.16. The minimum absolute atomic E-state index is 0.226. The summed E-state index contributed by atoms with van der Waals surface area (Å²) in [5.74, 6) is -0.149. The van der Waals surface area contributed by atoms with Crippen LogP contribution in [0.4, 0.5) is 11.4 Å². The van der Waals surface area contributed by atoms with Gasteiger partial charge >= 0.3 is 5.97 Å². The van der Waals surface area contributed by atoms with Crippen LogP contribution in [0, 0.1) is 6.92 Å². The Labute approximate surface area is 187 Å². The first kappa shape index (κ1) is 23.4. The fourth-order valence-corrected chi connectivity index (χ4v) is 4.48. The zero-order chi connectivity index (χ0) is 23.5. The van der Waals surface area contributed by atoms with Crippen LogP contribution in [0.5, 0.6) is 11.5 Å². The zero-order valence-electron chi connectivity index (χ0n) is 18.4. The predicted octanol–water partition coefficient (Wildman–Crippen LogP) is 2.74. The van der Waals surface area contributed by atoms with Crippen LogP contribution in [0.25, 0.3) is 0 Å². The molecular formula is C22H26N2O7S. The van der Waals surface area contributed by atoms with Gasteiger partial charge in [0, 0.05) is 11.8 Å². The highest BCUT2D eigenvalue weighted by molar-refractivity contribution is 7.92. The van der Waals surface area contributed by atoms with Crippen LogP contribution in [0.1, 0.15) is 29.8 Å². The lowest BCUT2D eigenvalue weighted by molar-refractivity contribution is -0.116. The number of aryl methyl sites for hydroxylation is 1. The Morgan fingerprint density at radius 2 is 1.81 bits per heavy atom. The average molecular weight is 463 g/mol. The van der Waals surface area contributed by atoms with Crippen molar-refractivity contribution in [1.29, 1.82) is 0 Å². The largest absolute Gasteiger partial charge is 0.486 e. The number of nitrogens with one attached hydrogen (secondary N) is 1. The minimum Gasteiger partial charge on any atom is -0.486 e. The van der Waals surface area contributed by atoms with E-state index in [2.05, 4.69) is 5.32 Å². The average Bonchev–Trinajstić information content (AvgIpc) is 2.74. The van der Waals surface area contributed by atoms with E-state index in [0.717, 1.165) is 10.6 Å². The molecule has 9 nitrogen and oxygen atoms in total. The molecule has 2 aromatic rings. The summed E-state index contributed by atoms with van der Waals surface area (Å²) >= 11 is 0. The molecule has 1 aliphatic rings. The topological polar surface area (TPSA) is 111 Å². The number of ether oxygens (including phenoxy) is 3. The standard InChI is InChI=1S/C22H26N2O7S/c1-5-29-22(26)16-7-6-14(2)18(12-16)23-21(25)15(3)24(32(4,27)28)17-8-9-19-20(13-17)31-11-10-30-19/h6-9,12-13,15H,5,10-11H2,1-4H3,(H,23,25). The van der Waals surface area contributed by atoms with Crippen molar-refractivity contribution in [2.24, 2.45) is 0 Å². The van der Waals surface area contributed by atoms with E-state index in [4.69, 9.17) is 14.2 Å². The molecule has 3 rings (SSSR count). The Morgan fingerprint density at radius 1 is 1.12 bits per heavy atom. The molecule has 0 aromatic heterocycles. The van der Waals surface area contributed by atoms with Crippen molar-refractivity contribution >= 4 is 33.3 Å². The van der Waals surface area contributed by atoms with Gasteiger partial charge in [-0.15, -0.1) is 0 Å². The molecule has 2 aromatic carbocycles. The Kier molecular flexibility index (Phi) is 6.93. The molecule has 1 amide bonds. The van der Waals surface area contributed by atoms with Gasteiger partial charge in [-0.1, -0.05) is 6.07 Å². The monoisotopic (exact) mass is 462 g/mol. The molecule has 1 unspecified atom stereocenters. The summed E-state index contributed by atoms with van der Waals surface area (Å²) < 4.78 is 42.2. The van der Waals surface area contributed by atoms with Gasteiger partial charge in [0.1, 0.15) is 19.3 Å². The van der Waals surface area contributed by atoms with Crippen molar-refractivity contribution in [3.05, 3.63) is 47.5 Å². The van der Waals surface area contributed by atoms with E-state index in [-0.39, 0.29) is 17.9 Å². The number of amides is 1. The summed E-state index contributed by atoms with van der Waals surface area (Å²) in [4.78, 5) is 25.1. The maximum Gasteiger partial charge on any atom is 0.338 e. The number of nitrogens with zero attached hydrogens (tertiary/aromatic N) is 1. The molecule has 0 bridgehead atoms. The highest BCUT2D eigenvalue weighted by Gasteiger charge is 2.30. The van der Waals surface area contributed by atoms with Gasteiger partial charge in [-0.05, 0) is 50.6 Å². The second kappa shape index (κ2) is 9.47. The summed E-state index contributed by atoms with van der Waals surface area (Å²) in [7, 11) is -3.82. The van der Waals surface area contributed by atoms with Crippen molar-refractivity contribution in [1.82, 2.24) is 0 Å². The van der Waals surface area contributed by atoms with Crippen LogP contribution < -0.4 is 19.1 Å². The third-order valence-electron chi connectivity index (χ3n) is 4.88. The molecule has 0 aliphatic carbocycles. The van der Waals surface area contributed by atoms with E-state index < -0.39 is 27.9 Å². The molecule has 172 valence electrons. The van der Waals surface area contributed by atoms with Crippen LogP contribution in [-0.2, 0) is 19.6 Å². The molecule has 1 aliphatic heterocycles. The van der Waals surface area contributed by atoms with Crippen LogP contribution in [0.3, 0.4) is 0 Å². The molecule has 0 saturated heterocycles. The molecular weight excluding hydrogens is 436 g/mol. The Bertz CT molecular complexity index is 1130. The quantitative estimate of drug-likeness (QED) is 0.630. The molecule has 1 atom stereocenters. The number of fused-ring (bicyclic) bond motifs is 1. The van der Waals surface area contributed by atoms with E-state index in [1.807, 2.05) is 0 Å². The summed E-state index contributed by atoms with van der Waals surface area (Å²) in [5.41, 5.74) is 1.66. The highest BCUT2D eigenvalue weighted by Crippen LogP contribution is 2.35. The maximum absolute atomic E-state index is 13.0. The molecule has 1 heterocycles. The Balaban J connectivity index is 1.88. The molecule has 0 fully saturated rings. The van der Waals surface area contributed by atoms with E-state index in [9.17, 15) is 18.0 Å². The lowest BCUT2D eigenvalue weighted by atomic mass is 10.1. The number of benzene rings is 2. The lowest BCUT2D eigenvalue weighted by Gasteiger charge is -2.29. The number of anilines is 2. The van der Waals surface area contributed by atoms with Gasteiger partial charge in [0.25, 0.3) is 0 Å². The number of carbonyl (C=O) groups excluding carboxylic acids is 2. The summed E-state index contributed by atoms with van der Waals surface area (Å²) in [5, 5.41) is 2.72. The molecule has 10 heteroatoms. The maximum atomic E-state index is 13.0. The van der Waals surface area contributed by atoms with Crippen molar-refractivity contribution < 1.29 is 32.2 Å². The number of hydrogen-bond donors (Lipinski definition) is 1. The van der Waals surface area contributed by atoms with Gasteiger partial charge in [-0.25, -0.2) is 13.2 Å². The minimum atomic E-state index is -3.82. The van der Waals surface area contributed by atoms with Crippen LogP contribution in [0.2, 0.25) is 0 Å². The first-order valence-electron chi connectivity index (χ1n) is 10.1. The first-order chi connectivity index (χ1) is 15.1. The molecule has 0 saturated carbocycles. The SMILES string of the molecule is CCOC(=O)c1ccc(C)c(NC(=O)C(C)N(c2ccc3c(c2)OCCO3)S(C)(=O)=O)c1. The van der Waals surface area contributed by atoms with Crippen LogP contribution >= 0.6 is 0 Å². The molecule has 32 heavy (non-hydrogen) atoms. The van der Waals surface area contributed by atoms with Gasteiger partial charge in [0.05, 0.1) is 24.1 Å². The van der Waals surface area contributed by atoms with E-state index in [1.54, 1.807) is 38.1 Å². The number of carbonyl (C=O) groups is 2. The van der Waals surface area contributed by atoms with Crippen molar-refractivity contribution in [2.45, 2.75) is 26.8 Å². The first-order valence-corrected chi connectivity index (χ1v) is 11.9. The van der Waals surface area contributed by atoms with E-state index in [0.29, 0.717) is 36.0 Å². The van der Waals surface area contributed by atoms with Crippen molar-refractivity contribution in [2.75, 3.05) is 35.7 Å². The molecule has 1 N–H and O–H groups in total. The number of sulfonamides is 1. The summed E-state index contributed by atoms with van der Waals surface area (Å²) in [6, 6.07) is 8.41. The molecule has 0 radical (unpaired) electrons. The zero-order valence-corrected chi connectivity index (χ0v) is 19.2. The van der Waals surface area contributed by atoms with Crippen molar-refractivity contribution in [3.63, 3.8) is 0 Å². The normalized spacial score (nSPS) is 13.8. The van der Waals surface area contributed by atoms with Crippen molar-refractivity contribution in [3.8, 4) is 11.5 Å². The summed E-state index contributed by atoms with van der Waals surface area (Å²) in [6.45, 7) is 5.94. The van der Waals surface area contributed by atoms with Gasteiger partial charge < -0.3 is 19.5 Å².